The fourth-order valence-corrected chi connectivity index (χ4v) is 11.1. The third-order valence-corrected chi connectivity index (χ3v) is 13.9. The molecule has 0 N–H and O–H groups in total. The van der Waals surface area contributed by atoms with E-state index >= 15 is 0 Å². The van der Waals surface area contributed by atoms with Crippen molar-refractivity contribution >= 4 is 62.5 Å². The molecule has 1 fully saturated rings. The normalized spacial score (nSPS) is 20.8. The van der Waals surface area contributed by atoms with Crippen molar-refractivity contribution < 1.29 is 4.42 Å². The number of benzene rings is 6. The quantitative estimate of drug-likeness (QED) is 0.168. The molecule has 7 aromatic rings. The monoisotopic (exact) mass is 688 g/mol. The number of furan rings is 1. The van der Waals surface area contributed by atoms with Crippen molar-refractivity contribution in [3.8, 4) is 22.3 Å². The van der Waals surface area contributed by atoms with Gasteiger partial charge in [-0.25, -0.2) is 0 Å². The molecule has 53 heavy (non-hydrogen) atoms. The highest BCUT2D eigenvalue weighted by molar-refractivity contribution is 6.93. The minimum absolute atomic E-state index is 0.0213. The molecule has 4 heterocycles. The maximum atomic E-state index is 6.64. The van der Waals surface area contributed by atoms with Gasteiger partial charge in [-0.15, -0.1) is 0 Å². The molecule has 1 aliphatic carbocycles. The lowest BCUT2D eigenvalue weighted by atomic mass is 9.43. The van der Waals surface area contributed by atoms with E-state index in [4.69, 9.17) is 4.42 Å². The van der Waals surface area contributed by atoms with Crippen molar-refractivity contribution in [2.45, 2.75) is 83.6 Å². The Morgan fingerprint density at radius 1 is 0.736 bits per heavy atom. The van der Waals surface area contributed by atoms with Gasteiger partial charge in [0.15, 0.2) is 0 Å². The summed E-state index contributed by atoms with van der Waals surface area (Å²) in [6.45, 7) is 9.83. The second-order valence-corrected chi connectivity index (χ2v) is 16.6. The van der Waals surface area contributed by atoms with E-state index in [2.05, 4.69) is 153 Å². The Morgan fingerprint density at radius 3 is 2.38 bits per heavy atom. The number of aryl methyl sites for hydroxylation is 2. The fourth-order valence-electron chi connectivity index (χ4n) is 11.1. The van der Waals surface area contributed by atoms with E-state index in [1.165, 1.54) is 116 Å². The number of anilines is 4. The first-order valence-corrected chi connectivity index (χ1v) is 19.9. The average Bonchev–Trinajstić information content (AvgIpc) is 3.67. The van der Waals surface area contributed by atoms with Crippen molar-refractivity contribution in [1.29, 1.82) is 0 Å². The van der Waals surface area contributed by atoms with Gasteiger partial charge < -0.3 is 14.1 Å². The predicted molar refractivity (Wildman–Crippen MR) is 224 cm³/mol. The van der Waals surface area contributed by atoms with Crippen LogP contribution in [0.25, 0.3) is 44.2 Å². The summed E-state index contributed by atoms with van der Waals surface area (Å²) in [5, 5.41) is 2.38. The number of hydrogen-bond donors (Lipinski definition) is 0. The lowest BCUT2D eigenvalue weighted by molar-refractivity contribution is 0.195. The highest BCUT2D eigenvalue weighted by Gasteiger charge is 2.62. The van der Waals surface area contributed by atoms with Crippen molar-refractivity contribution in [3.05, 3.63) is 132 Å². The van der Waals surface area contributed by atoms with Gasteiger partial charge in [-0.1, -0.05) is 112 Å². The zero-order chi connectivity index (χ0) is 35.6. The molecule has 2 atom stereocenters. The Labute approximate surface area is 313 Å². The molecular weight excluding hydrogens is 643 g/mol. The molecule has 1 saturated carbocycles. The summed E-state index contributed by atoms with van der Waals surface area (Å²) in [7, 11) is 0. The summed E-state index contributed by atoms with van der Waals surface area (Å²) in [4.78, 5) is 5.58. The van der Waals surface area contributed by atoms with Crippen LogP contribution < -0.4 is 20.6 Å². The largest absolute Gasteiger partial charge is 0.456 e. The number of para-hydroxylation sites is 2. The zero-order valence-corrected chi connectivity index (χ0v) is 31.3. The van der Waals surface area contributed by atoms with Crippen molar-refractivity contribution in [2.24, 2.45) is 0 Å². The van der Waals surface area contributed by atoms with Gasteiger partial charge in [0.25, 0.3) is 0 Å². The van der Waals surface area contributed by atoms with Gasteiger partial charge in [0, 0.05) is 44.5 Å². The van der Waals surface area contributed by atoms with Crippen molar-refractivity contribution in [2.75, 3.05) is 9.71 Å². The van der Waals surface area contributed by atoms with Crippen molar-refractivity contribution in [3.63, 3.8) is 0 Å². The number of rotatable bonds is 5. The number of hydrogen-bond acceptors (Lipinski definition) is 3. The molecule has 0 spiro atoms. The van der Waals surface area contributed by atoms with E-state index in [0.717, 1.165) is 17.6 Å². The van der Waals surface area contributed by atoms with Crippen LogP contribution in [0.2, 0.25) is 0 Å². The second kappa shape index (κ2) is 11.2. The van der Waals surface area contributed by atoms with Crippen molar-refractivity contribution in [1.82, 2.24) is 0 Å². The molecule has 4 heteroatoms. The van der Waals surface area contributed by atoms with E-state index in [-0.39, 0.29) is 17.8 Å². The van der Waals surface area contributed by atoms with Gasteiger partial charge in [0.2, 0.25) is 0 Å². The molecule has 0 radical (unpaired) electrons. The van der Waals surface area contributed by atoms with E-state index < -0.39 is 0 Å². The lowest BCUT2D eigenvalue weighted by Crippen LogP contribution is -2.64. The van der Waals surface area contributed by atoms with Crippen LogP contribution in [0.1, 0.15) is 76.0 Å². The molecule has 1 aromatic heterocycles. The first-order valence-electron chi connectivity index (χ1n) is 19.9. The third-order valence-electron chi connectivity index (χ3n) is 13.9. The molecule has 4 aliphatic rings. The molecular formula is C49H45BN2O. The molecule has 3 aliphatic heterocycles. The minimum Gasteiger partial charge on any atom is -0.456 e. The standard InChI is InChI=1S/C49H45BN2O/c1-5-6-17-32-27-37-47-38(28-32)50-46-36(29-34(33-18-8-7-9-19-33)30-41(46)51(47)49(4)26-15-14-25-48(37,49)3)44-40(52(50)39-21-12-10-16-31(39)2)23-24-43-45(44)35-20-11-13-22-42(35)53-43/h7-13,16,18-24,27-30H,5-6,14-15,17,25-26H2,1-4H3. The van der Waals surface area contributed by atoms with E-state index in [1.54, 1.807) is 5.56 Å². The van der Waals surface area contributed by atoms with Gasteiger partial charge in [-0.05, 0) is 120 Å². The van der Waals surface area contributed by atoms with Crippen LogP contribution in [0.4, 0.5) is 22.7 Å². The minimum atomic E-state index is -0.0398. The van der Waals surface area contributed by atoms with E-state index in [1.807, 2.05) is 0 Å². The third kappa shape index (κ3) is 4.07. The first-order chi connectivity index (χ1) is 25.9. The Morgan fingerprint density at radius 2 is 1.53 bits per heavy atom. The maximum Gasteiger partial charge on any atom is 0.333 e. The Hall–Kier alpha value is -5.22. The van der Waals surface area contributed by atoms with Gasteiger partial charge in [0.1, 0.15) is 11.2 Å². The first kappa shape index (κ1) is 31.3. The second-order valence-electron chi connectivity index (χ2n) is 16.6. The van der Waals surface area contributed by atoms with Crippen LogP contribution in [0, 0.1) is 6.92 Å². The summed E-state index contributed by atoms with van der Waals surface area (Å²) in [6.07, 6.45) is 8.47. The van der Waals surface area contributed by atoms with Gasteiger partial charge in [0.05, 0.1) is 5.54 Å². The van der Waals surface area contributed by atoms with Crippen LogP contribution >= 0.6 is 0 Å². The molecule has 11 rings (SSSR count). The predicted octanol–water partition coefficient (Wildman–Crippen LogP) is 11.9. The van der Waals surface area contributed by atoms with E-state index in [9.17, 15) is 0 Å². The molecule has 2 unspecified atom stereocenters. The Kier molecular flexibility index (Phi) is 6.59. The number of fused-ring (bicyclic) bond motifs is 11. The SMILES string of the molecule is CCCCc1cc2c3c(c1)C1(C)CCCCC1(C)N3c1cc(-c3ccccc3)cc3c1B2N(c1ccccc1C)c1ccc2oc4ccccc4c2c1-3. The summed E-state index contributed by atoms with van der Waals surface area (Å²) in [6, 6.07) is 43.6. The highest BCUT2D eigenvalue weighted by atomic mass is 16.3. The van der Waals surface area contributed by atoms with Gasteiger partial charge >= 0.3 is 6.85 Å². The highest BCUT2D eigenvalue weighted by Crippen LogP contribution is 2.63. The summed E-state index contributed by atoms with van der Waals surface area (Å²) in [5.74, 6) is 0. The number of unbranched alkanes of at least 4 members (excludes halogenated alkanes) is 1. The molecule has 0 saturated heterocycles. The lowest BCUT2D eigenvalue weighted by Gasteiger charge is -2.53. The Balaban J connectivity index is 1.34. The topological polar surface area (TPSA) is 19.6 Å². The van der Waals surface area contributed by atoms with Gasteiger partial charge in [-0.3, -0.25) is 0 Å². The summed E-state index contributed by atoms with van der Waals surface area (Å²) < 4.78 is 6.64. The molecule has 260 valence electrons. The maximum absolute atomic E-state index is 6.64. The van der Waals surface area contributed by atoms with Crippen LogP contribution in [-0.4, -0.2) is 12.4 Å². The molecule has 6 aromatic carbocycles. The summed E-state index contributed by atoms with van der Waals surface area (Å²) in [5.41, 5.74) is 19.7. The fraction of sp³-hybridized carbons (Fsp3) is 0.265. The van der Waals surface area contributed by atoms with Crippen LogP contribution in [-0.2, 0) is 11.8 Å². The molecule has 0 bridgehead atoms. The molecule has 0 amide bonds. The van der Waals surface area contributed by atoms with E-state index in [0.29, 0.717) is 0 Å². The number of nitrogens with zero attached hydrogens (tertiary/aromatic N) is 2. The molecule has 3 nitrogen and oxygen atoms in total. The smallest absolute Gasteiger partial charge is 0.333 e. The average molecular weight is 689 g/mol. The van der Waals surface area contributed by atoms with Crippen LogP contribution in [0.3, 0.4) is 0 Å². The van der Waals surface area contributed by atoms with Gasteiger partial charge in [-0.2, -0.15) is 0 Å². The Bertz CT molecular complexity index is 2640. The summed E-state index contributed by atoms with van der Waals surface area (Å²) >= 11 is 0. The van der Waals surface area contributed by atoms with Crippen LogP contribution in [0.15, 0.2) is 120 Å². The van der Waals surface area contributed by atoms with Crippen LogP contribution in [0.5, 0.6) is 0 Å². The zero-order valence-electron chi connectivity index (χ0n) is 31.3.